The third-order valence-electron chi connectivity index (χ3n) is 2.32. The smallest absolute Gasteiger partial charge is 0.222 e. The quantitative estimate of drug-likeness (QED) is 0.942. The van der Waals surface area contributed by atoms with E-state index >= 15 is 0 Å². The first-order valence-corrected chi connectivity index (χ1v) is 6.08. The number of aromatic nitrogens is 1. The van der Waals surface area contributed by atoms with Crippen LogP contribution in [0.15, 0.2) is 34.9 Å². The molecule has 0 radical (unpaired) electrons. The minimum atomic E-state index is -0.385. The Morgan fingerprint density at radius 2 is 2.11 bits per heavy atom. The Kier molecular flexibility index (Phi) is 3.93. The predicted octanol–water partition coefficient (Wildman–Crippen LogP) is 3.58. The van der Waals surface area contributed by atoms with Crippen molar-refractivity contribution < 1.29 is 14.2 Å². The van der Waals surface area contributed by atoms with Gasteiger partial charge in [-0.25, -0.2) is 9.37 Å². The summed E-state index contributed by atoms with van der Waals surface area (Å²) < 4.78 is 19.3. The largest absolute Gasteiger partial charge is 0.439 e. The second-order valence-corrected chi connectivity index (χ2v) is 4.75. The van der Waals surface area contributed by atoms with Crippen molar-refractivity contribution in [1.29, 1.82) is 0 Å². The molecule has 0 spiro atoms. The molecular formula is C13H11BrFNO2. The Balaban J connectivity index is 2.28. The van der Waals surface area contributed by atoms with E-state index in [0.29, 0.717) is 21.7 Å². The summed E-state index contributed by atoms with van der Waals surface area (Å²) in [5.74, 6) is 0.378. The van der Waals surface area contributed by atoms with Crippen molar-refractivity contribution >= 4 is 15.9 Å². The molecular weight excluding hydrogens is 301 g/mol. The van der Waals surface area contributed by atoms with Gasteiger partial charge in [-0.2, -0.15) is 0 Å². The molecule has 0 saturated heterocycles. The molecule has 0 unspecified atom stereocenters. The number of aliphatic hydroxyl groups excluding tert-OH is 1. The molecule has 0 fully saturated rings. The van der Waals surface area contributed by atoms with Crippen molar-refractivity contribution in [1.82, 2.24) is 4.98 Å². The van der Waals surface area contributed by atoms with Gasteiger partial charge in [-0.1, -0.05) is 15.9 Å². The third kappa shape index (κ3) is 3.05. The summed E-state index contributed by atoms with van der Waals surface area (Å²) in [4.78, 5) is 4.08. The zero-order chi connectivity index (χ0) is 13.1. The lowest BCUT2D eigenvalue weighted by Crippen LogP contribution is -1.94. The Hall–Kier alpha value is -1.46. The number of aliphatic hydroxyl groups is 1. The fraction of sp³-hybridized carbons (Fsp3) is 0.154. The Labute approximate surface area is 112 Å². The molecule has 1 aromatic carbocycles. The third-order valence-corrected chi connectivity index (χ3v) is 2.78. The van der Waals surface area contributed by atoms with Crippen LogP contribution in [-0.4, -0.2) is 10.1 Å². The number of rotatable bonds is 3. The van der Waals surface area contributed by atoms with Crippen LogP contribution in [0.25, 0.3) is 0 Å². The van der Waals surface area contributed by atoms with Crippen LogP contribution in [0.5, 0.6) is 11.6 Å². The number of aryl methyl sites for hydroxylation is 1. The maximum absolute atomic E-state index is 13.2. The van der Waals surface area contributed by atoms with Gasteiger partial charge in [-0.05, 0) is 30.7 Å². The number of hydrogen-bond acceptors (Lipinski definition) is 3. The summed E-state index contributed by atoms with van der Waals surface area (Å²) in [5.41, 5.74) is 1.49. The number of ether oxygens (including phenoxy) is 1. The van der Waals surface area contributed by atoms with Crippen molar-refractivity contribution in [3.05, 3.63) is 51.9 Å². The van der Waals surface area contributed by atoms with E-state index in [1.807, 2.05) is 6.92 Å². The first-order chi connectivity index (χ1) is 8.58. The van der Waals surface area contributed by atoms with Gasteiger partial charge in [-0.15, -0.1) is 0 Å². The van der Waals surface area contributed by atoms with Crippen molar-refractivity contribution in [3.63, 3.8) is 0 Å². The fourth-order valence-electron chi connectivity index (χ4n) is 1.51. The predicted molar refractivity (Wildman–Crippen MR) is 69.1 cm³/mol. The summed E-state index contributed by atoms with van der Waals surface area (Å²) in [6.45, 7) is 1.75. The lowest BCUT2D eigenvalue weighted by atomic mass is 10.2. The monoisotopic (exact) mass is 311 g/mol. The van der Waals surface area contributed by atoms with Gasteiger partial charge in [0.2, 0.25) is 5.88 Å². The van der Waals surface area contributed by atoms with E-state index in [4.69, 9.17) is 9.84 Å². The van der Waals surface area contributed by atoms with Gasteiger partial charge >= 0.3 is 0 Å². The van der Waals surface area contributed by atoms with Crippen molar-refractivity contribution in [2.24, 2.45) is 0 Å². The minimum absolute atomic E-state index is 0.0698. The topological polar surface area (TPSA) is 42.4 Å². The molecule has 18 heavy (non-hydrogen) atoms. The van der Waals surface area contributed by atoms with E-state index in [9.17, 15) is 4.39 Å². The Bertz CT molecular complexity index is 555. The molecule has 1 N–H and O–H groups in total. The highest BCUT2D eigenvalue weighted by molar-refractivity contribution is 9.10. The fourth-order valence-corrected chi connectivity index (χ4v) is 1.96. The van der Waals surface area contributed by atoms with Crippen molar-refractivity contribution in [2.75, 3.05) is 0 Å². The van der Waals surface area contributed by atoms with E-state index in [1.165, 1.54) is 18.3 Å². The average Bonchev–Trinajstić information content (AvgIpc) is 2.30. The molecule has 5 heteroatoms. The van der Waals surface area contributed by atoms with Gasteiger partial charge in [0.15, 0.2) is 0 Å². The van der Waals surface area contributed by atoms with E-state index in [-0.39, 0.29) is 12.4 Å². The van der Waals surface area contributed by atoms with Crippen molar-refractivity contribution in [2.45, 2.75) is 13.5 Å². The molecule has 0 aliphatic rings. The summed E-state index contributed by atoms with van der Waals surface area (Å²) in [6.07, 6.45) is 1.52. The van der Waals surface area contributed by atoms with Crippen LogP contribution in [0.1, 0.15) is 11.1 Å². The number of halogens is 2. The van der Waals surface area contributed by atoms with Crippen LogP contribution in [0.2, 0.25) is 0 Å². The molecule has 2 aromatic rings. The standard InChI is InChI=1S/C13H11BrFNO2/c1-8-2-9(7-17)6-16-13(8)18-12-4-10(14)3-11(15)5-12/h2-6,17H,7H2,1H3. The zero-order valence-corrected chi connectivity index (χ0v) is 11.2. The van der Waals surface area contributed by atoms with Crippen LogP contribution in [0.3, 0.4) is 0 Å². The maximum atomic E-state index is 13.2. The number of pyridine rings is 1. The van der Waals surface area contributed by atoms with Crippen LogP contribution in [0.4, 0.5) is 4.39 Å². The van der Waals surface area contributed by atoms with Gasteiger partial charge < -0.3 is 9.84 Å². The molecule has 94 valence electrons. The van der Waals surface area contributed by atoms with E-state index in [2.05, 4.69) is 20.9 Å². The van der Waals surface area contributed by atoms with Gasteiger partial charge in [-0.3, -0.25) is 0 Å². The highest BCUT2D eigenvalue weighted by Crippen LogP contribution is 2.26. The summed E-state index contributed by atoms with van der Waals surface area (Å²) in [6, 6.07) is 6.06. The van der Waals surface area contributed by atoms with E-state index < -0.39 is 0 Å². The highest BCUT2D eigenvalue weighted by atomic mass is 79.9. The lowest BCUT2D eigenvalue weighted by molar-refractivity contribution is 0.281. The van der Waals surface area contributed by atoms with Crippen LogP contribution >= 0.6 is 15.9 Å². The SMILES string of the molecule is Cc1cc(CO)cnc1Oc1cc(F)cc(Br)c1. The second-order valence-electron chi connectivity index (χ2n) is 3.83. The molecule has 0 amide bonds. The average molecular weight is 312 g/mol. The summed E-state index contributed by atoms with van der Waals surface area (Å²) in [5, 5.41) is 8.98. The maximum Gasteiger partial charge on any atom is 0.222 e. The Morgan fingerprint density at radius 3 is 2.72 bits per heavy atom. The molecule has 0 aliphatic heterocycles. The Morgan fingerprint density at radius 1 is 1.33 bits per heavy atom. The lowest BCUT2D eigenvalue weighted by Gasteiger charge is -2.09. The minimum Gasteiger partial charge on any atom is -0.439 e. The number of hydrogen-bond donors (Lipinski definition) is 1. The molecule has 1 aromatic heterocycles. The number of nitrogens with zero attached hydrogens (tertiary/aromatic N) is 1. The van der Waals surface area contributed by atoms with Gasteiger partial charge in [0.1, 0.15) is 11.6 Å². The molecule has 3 nitrogen and oxygen atoms in total. The van der Waals surface area contributed by atoms with E-state index in [0.717, 1.165) is 5.56 Å². The van der Waals surface area contributed by atoms with Gasteiger partial charge in [0.25, 0.3) is 0 Å². The summed E-state index contributed by atoms with van der Waals surface area (Å²) in [7, 11) is 0. The van der Waals surface area contributed by atoms with Gasteiger partial charge in [0, 0.05) is 22.3 Å². The molecule has 0 atom stereocenters. The van der Waals surface area contributed by atoms with Gasteiger partial charge in [0.05, 0.1) is 6.61 Å². The molecule has 0 saturated carbocycles. The van der Waals surface area contributed by atoms with Crippen LogP contribution in [-0.2, 0) is 6.61 Å². The highest BCUT2D eigenvalue weighted by Gasteiger charge is 2.06. The van der Waals surface area contributed by atoms with Crippen molar-refractivity contribution in [3.8, 4) is 11.6 Å². The van der Waals surface area contributed by atoms with Crippen LogP contribution in [0, 0.1) is 12.7 Å². The molecule has 0 aliphatic carbocycles. The summed E-state index contributed by atoms with van der Waals surface area (Å²) >= 11 is 3.19. The van der Waals surface area contributed by atoms with E-state index in [1.54, 1.807) is 12.1 Å². The molecule has 1 heterocycles. The first-order valence-electron chi connectivity index (χ1n) is 5.29. The molecule has 2 rings (SSSR count). The van der Waals surface area contributed by atoms with Crippen LogP contribution < -0.4 is 4.74 Å². The second kappa shape index (κ2) is 5.46. The molecule has 0 bridgehead atoms. The zero-order valence-electron chi connectivity index (χ0n) is 9.65. The number of benzene rings is 1. The normalized spacial score (nSPS) is 10.4. The first kappa shape index (κ1) is 13.0.